The number of halogens is 1. The molecular weight excluding hydrogens is 270 g/mol. The lowest BCUT2D eigenvalue weighted by molar-refractivity contribution is 0.305. The molecule has 0 radical (unpaired) electrons. The third kappa shape index (κ3) is 3.56. The Kier molecular flexibility index (Phi) is 5.11. The molecule has 1 aromatic carbocycles. The lowest BCUT2D eigenvalue weighted by Crippen LogP contribution is -2.32. The molecular formula is C17H24ClNO. The van der Waals surface area contributed by atoms with Crippen LogP contribution in [0.5, 0.6) is 5.75 Å². The number of aromatic hydroxyl groups is 1. The number of likely N-dealkylation sites (tertiary alicyclic amines) is 1. The predicted octanol–water partition coefficient (Wildman–Crippen LogP) is 4.13. The number of hydrogen-bond acceptors (Lipinski definition) is 2. The quantitative estimate of drug-likeness (QED) is 0.882. The first kappa shape index (κ1) is 15.4. The number of hydrogen-bond donors (Lipinski definition) is 1. The molecule has 2 rings (SSSR count). The molecule has 0 amide bonds. The Labute approximate surface area is 127 Å². The molecule has 1 aliphatic heterocycles. The average Bonchev–Trinajstić information content (AvgIpc) is 2.80. The van der Waals surface area contributed by atoms with Crippen molar-refractivity contribution < 1.29 is 5.11 Å². The van der Waals surface area contributed by atoms with Gasteiger partial charge in [-0.3, -0.25) is 4.90 Å². The first-order valence-electron chi connectivity index (χ1n) is 7.33. The molecule has 0 saturated carbocycles. The first-order valence-corrected chi connectivity index (χ1v) is 7.76. The highest BCUT2D eigenvalue weighted by Gasteiger charge is 2.39. The van der Waals surface area contributed by atoms with Crippen molar-refractivity contribution in [2.45, 2.75) is 32.1 Å². The van der Waals surface area contributed by atoms with Gasteiger partial charge in [0.2, 0.25) is 0 Å². The third-order valence-electron chi connectivity index (χ3n) is 4.14. The van der Waals surface area contributed by atoms with Crippen molar-refractivity contribution in [3.05, 3.63) is 41.4 Å². The maximum absolute atomic E-state index is 9.79. The normalized spacial score (nSPS) is 24.0. The van der Waals surface area contributed by atoms with Crippen LogP contribution in [0.3, 0.4) is 0 Å². The van der Waals surface area contributed by atoms with Gasteiger partial charge in [-0.1, -0.05) is 43.7 Å². The van der Waals surface area contributed by atoms with Gasteiger partial charge in [0.05, 0.1) is 0 Å². The van der Waals surface area contributed by atoms with Crippen molar-refractivity contribution in [1.29, 1.82) is 0 Å². The lowest BCUT2D eigenvalue weighted by atomic mass is 9.73. The van der Waals surface area contributed by atoms with Gasteiger partial charge in [0.1, 0.15) is 5.75 Å². The molecule has 1 N–H and O–H groups in total. The number of phenolic OH excluding ortho intramolecular Hbond substituents is 1. The summed E-state index contributed by atoms with van der Waals surface area (Å²) in [6.07, 6.45) is 4.29. The van der Waals surface area contributed by atoms with Crippen molar-refractivity contribution in [2.24, 2.45) is 5.92 Å². The fourth-order valence-corrected chi connectivity index (χ4v) is 3.52. The number of nitrogens with zero attached hydrogens (tertiary/aromatic N) is 1. The maximum atomic E-state index is 9.79. The molecule has 0 aliphatic carbocycles. The van der Waals surface area contributed by atoms with Crippen molar-refractivity contribution in [3.63, 3.8) is 0 Å². The highest BCUT2D eigenvalue weighted by Crippen LogP contribution is 2.40. The summed E-state index contributed by atoms with van der Waals surface area (Å²) in [5, 5.41) is 9.79. The molecule has 110 valence electrons. The van der Waals surface area contributed by atoms with E-state index in [1.807, 2.05) is 18.2 Å². The number of rotatable bonds is 5. The van der Waals surface area contributed by atoms with E-state index in [2.05, 4.69) is 24.8 Å². The summed E-state index contributed by atoms with van der Waals surface area (Å²) in [7, 11) is 0. The summed E-state index contributed by atoms with van der Waals surface area (Å²) in [4.78, 5) is 2.44. The predicted molar refractivity (Wildman–Crippen MR) is 85.3 cm³/mol. The van der Waals surface area contributed by atoms with E-state index in [4.69, 9.17) is 11.6 Å². The van der Waals surface area contributed by atoms with Crippen LogP contribution in [0.2, 0.25) is 0 Å². The van der Waals surface area contributed by atoms with Gasteiger partial charge in [0.25, 0.3) is 0 Å². The van der Waals surface area contributed by atoms with Crippen molar-refractivity contribution in [1.82, 2.24) is 4.90 Å². The Morgan fingerprint density at radius 3 is 2.90 bits per heavy atom. The maximum Gasteiger partial charge on any atom is 0.115 e. The number of benzene rings is 1. The molecule has 1 saturated heterocycles. The van der Waals surface area contributed by atoms with E-state index >= 15 is 0 Å². The fourth-order valence-electron chi connectivity index (χ4n) is 3.44. The van der Waals surface area contributed by atoms with Crippen LogP contribution >= 0.6 is 11.6 Å². The van der Waals surface area contributed by atoms with E-state index in [1.165, 1.54) is 5.56 Å². The van der Waals surface area contributed by atoms with E-state index in [-0.39, 0.29) is 5.41 Å². The third-order valence-corrected chi connectivity index (χ3v) is 4.32. The van der Waals surface area contributed by atoms with Gasteiger partial charge in [0.15, 0.2) is 0 Å². The zero-order valence-electron chi connectivity index (χ0n) is 12.3. The van der Waals surface area contributed by atoms with Gasteiger partial charge in [-0.2, -0.15) is 0 Å². The molecule has 20 heavy (non-hydrogen) atoms. The van der Waals surface area contributed by atoms with E-state index < -0.39 is 0 Å². The Bertz CT molecular complexity index is 472. The van der Waals surface area contributed by atoms with Gasteiger partial charge >= 0.3 is 0 Å². The van der Waals surface area contributed by atoms with E-state index in [0.29, 0.717) is 11.7 Å². The van der Waals surface area contributed by atoms with E-state index in [9.17, 15) is 5.11 Å². The van der Waals surface area contributed by atoms with Crippen LogP contribution in [0.4, 0.5) is 0 Å². The first-order chi connectivity index (χ1) is 9.55. The van der Waals surface area contributed by atoms with Crippen molar-refractivity contribution in [3.8, 4) is 5.75 Å². The molecule has 0 unspecified atom stereocenters. The standard InChI is InChI=1S/C17H24ClNO/c1-14(2)12-17(15-5-3-6-16(20)11-15)7-10-19(13-17)9-4-8-18/h3-6,8,11,14,20H,7,9-10,12-13H2,1-2H3/b8-4+/t17-/m0/s1. The minimum absolute atomic E-state index is 0.160. The average molecular weight is 294 g/mol. The molecule has 0 aromatic heterocycles. The summed E-state index contributed by atoms with van der Waals surface area (Å²) < 4.78 is 0. The van der Waals surface area contributed by atoms with Crippen LogP contribution in [0.1, 0.15) is 32.3 Å². The number of phenols is 1. The van der Waals surface area contributed by atoms with E-state index in [1.54, 1.807) is 11.6 Å². The fraction of sp³-hybridized carbons (Fsp3) is 0.529. The zero-order valence-corrected chi connectivity index (χ0v) is 13.1. The Hall–Kier alpha value is -0.990. The lowest BCUT2D eigenvalue weighted by Gasteiger charge is -2.32. The summed E-state index contributed by atoms with van der Waals surface area (Å²) in [5.74, 6) is 1.01. The molecule has 1 aromatic rings. The van der Waals surface area contributed by atoms with Crippen LogP contribution in [-0.2, 0) is 5.41 Å². The summed E-state index contributed by atoms with van der Waals surface area (Å²) in [6, 6.07) is 7.79. The second-order valence-corrected chi connectivity index (χ2v) is 6.53. The molecule has 2 nitrogen and oxygen atoms in total. The highest BCUT2D eigenvalue weighted by molar-refractivity contribution is 6.25. The molecule has 0 bridgehead atoms. The molecule has 1 atom stereocenters. The minimum Gasteiger partial charge on any atom is -0.508 e. The second-order valence-electron chi connectivity index (χ2n) is 6.28. The monoisotopic (exact) mass is 293 g/mol. The smallest absolute Gasteiger partial charge is 0.115 e. The Morgan fingerprint density at radius 1 is 1.45 bits per heavy atom. The van der Waals surface area contributed by atoms with Gasteiger partial charge in [-0.05, 0) is 43.0 Å². The van der Waals surface area contributed by atoms with Crippen molar-refractivity contribution in [2.75, 3.05) is 19.6 Å². The summed E-state index contributed by atoms with van der Waals surface area (Å²) >= 11 is 5.63. The molecule has 1 aliphatic rings. The second kappa shape index (κ2) is 6.64. The van der Waals surface area contributed by atoms with Crippen LogP contribution in [-0.4, -0.2) is 29.6 Å². The molecule has 3 heteroatoms. The SMILES string of the molecule is CC(C)C[C@@]1(c2cccc(O)c2)CCN(C/C=C/Cl)C1. The van der Waals surface area contributed by atoms with Gasteiger partial charge in [-0.15, -0.1) is 0 Å². The van der Waals surface area contributed by atoms with Gasteiger partial charge in [0, 0.05) is 24.0 Å². The highest BCUT2D eigenvalue weighted by atomic mass is 35.5. The molecule has 1 fully saturated rings. The molecule has 1 heterocycles. The van der Waals surface area contributed by atoms with Gasteiger partial charge in [-0.25, -0.2) is 0 Å². The van der Waals surface area contributed by atoms with Crippen LogP contribution < -0.4 is 0 Å². The summed E-state index contributed by atoms with van der Waals surface area (Å²) in [6.45, 7) is 7.57. The van der Waals surface area contributed by atoms with Crippen LogP contribution in [0.15, 0.2) is 35.9 Å². The minimum atomic E-state index is 0.160. The topological polar surface area (TPSA) is 23.5 Å². The van der Waals surface area contributed by atoms with Gasteiger partial charge < -0.3 is 5.11 Å². The van der Waals surface area contributed by atoms with Crippen molar-refractivity contribution >= 4 is 11.6 Å². The van der Waals surface area contributed by atoms with E-state index in [0.717, 1.165) is 32.5 Å². The zero-order chi connectivity index (χ0) is 14.6. The van der Waals surface area contributed by atoms with Crippen LogP contribution in [0, 0.1) is 5.92 Å². The Morgan fingerprint density at radius 2 is 2.25 bits per heavy atom. The summed E-state index contributed by atoms with van der Waals surface area (Å²) in [5.41, 5.74) is 3.02. The largest absolute Gasteiger partial charge is 0.508 e. The molecule has 0 spiro atoms. The van der Waals surface area contributed by atoms with Crippen LogP contribution in [0.25, 0.3) is 0 Å². The Balaban J connectivity index is 2.24.